The Morgan fingerprint density at radius 3 is 1.87 bits per heavy atom. The molecule has 0 atom stereocenters. The SMILES string of the molecule is C=C(/C=C1\C(=C)c2ccccc2C1(c1ccccc1)c1ccccc1)Nc1ccccc1Nc1ccc2c(c1)c1ccccc1n2-c1ccccc1. The molecule has 3 heteroatoms. The second kappa shape index (κ2) is 12.8. The summed E-state index contributed by atoms with van der Waals surface area (Å²) in [7, 11) is 0. The summed E-state index contributed by atoms with van der Waals surface area (Å²) < 4.78 is 2.33. The highest BCUT2D eigenvalue weighted by Gasteiger charge is 2.47. The van der Waals surface area contributed by atoms with Crippen molar-refractivity contribution < 1.29 is 0 Å². The summed E-state index contributed by atoms with van der Waals surface area (Å²) in [5.41, 5.74) is 13.5. The first kappa shape index (κ1) is 31.2. The molecule has 0 aliphatic heterocycles. The Morgan fingerprint density at radius 2 is 1.13 bits per heavy atom. The summed E-state index contributed by atoms with van der Waals surface area (Å²) in [6, 6.07) is 64.2. The zero-order chi connectivity index (χ0) is 35.1. The summed E-state index contributed by atoms with van der Waals surface area (Å²) in [5, 5.41) is 9.79. The van der Waals surface area contributed by atoms with E-state index in [0.29, 0.717) is 0 Å². The first-order valence-corrected chi connectivity index (χ1v) is 17.7. The van der Waals surface area contributed by atoms with Crippen LogP contribution in [0.5, 0.6) is 0 Å². The van der Waals surface area contributed by atoms with Crippen LogP contribution in [0, 0.1) is 0 Å². The van der Waals surface area contributed by atoms with Gasteiger partial charge in [0, 0.05) is 27.8 Å². The highest BCUT2D eigenvalue weighted by Crippen LogP contribution is 2.56. The molecule has 1 aliphatic rings. The van der Waals surface area contributed by atoms with Gasteiger partial charge in [-0.05, 0) is 88.0 Å². The van der Waals surface area contributed by atoms with E-state index < -0.39 is 5.41 Å². The molecule has 248 valence electrons. The lowest BCUT2D eigenvalue weighted by Crippen LogP contribution is -2.28. The van der Waals surface area contributed by atoms with Crippen molar-refractivity contribution in [1.82, 2.24) is 4.57 Å². The molecule has 1 aliphatic carbocycles. The van der Waals surface area contributed by atoms with E-state index in [0.717, 1.165) is 45.2 Å². The highest BCUT2D eigenvalue weighted by atomic mass is 15.0. The van der Waals surface area contributed by atoms with Crippen LogP contribution in [0.2, 0.25) is 0 Å². The second-order valence-electron chi connectivity index (χ2n) is 13.3. The van der Waals surface area contributed by atoms with Crippen molar-refractivity contribution in [1.29, 1.82) is 0 Å². The van der Waals surface area contributed by atoms with Gasteiger partial charge in [-0.2, -0.15) is 0 Å². The van der Waals surface area contributed by atoms with Crippen molar-refractivity contribution in [3.63, 3.8) is 0 Å². The maximum Gasteiger partial charge on any atom is 0.0714 e. The average molecular weight is 668 g/mol. The third-order valence-corrected chi connectivity index (χ3v) is 10.3. The van der Waals surface area contributed by atoms with Crippen LogP contribution in [0.3, 0.4) is 0 Å². The number of nitrogens with zero attached hydrogens (tertiary/aromatic N) is 1. The monoisotopic (exact) mass is 667 g/mol. The van der Waals surface area contributed by atoms with Crippen LogP contribution < -0.4 is 10.6 Å². The number of nitrogens with one attached hydrogen (secondary N) is 2. The Balaban J connectivity index is 1.09. The molecule has 0 saturated heterocycles. The van der Waals surface area contributed by atoms with Crippen LogP contribution in [-0.4, -0.2) is 4.57 Å². The third-order valence-electron chi connectivity index (χ3n) is 10.3. The van der Waals surface area contributed by atoms with E-state index >= 15 is 0 Å². The number of aromatic nitrogens is 1. The normalized spacial score (nSPS) is 14.1. The first-order chi connectivity index (χ1) is 25.6. The minimum atomic E-state index is -0.549. The lowest BCUT2D eigenvalue weighted by Gasteiger charge is -2.34. The number of allylic oxidation sites excluding steroid dienone is 3. The molecule has 8 aromatic rings. The number of hydrogen-bond donors (Lipinski definition) is 2. The van der Waals surface area contributed by atoms with Gasteiger partial charge < -0.3 is 15.2 Å². The minimum Gasteiger partial charge on any atom is -0.354 e. The lowest BCUT2D eigenvalue weighted by atomic mass is 9.67. The predicted molar refractivity (Wildman–Crippen MR) is 220 cm³/mol. The van der Waals surface area contributed by atoms with Gasteiger partial charge in [0.1, 0.15) is 0 Å². The quantitative estimate of drug-likeness (QED) is 0.169. The van der Waals surface area contributed by atoms with Gasteiger partial charge in [0.05, 0.1) is 27.8 Å². The number of anilines is 3. The third kappa shape index (κ3) is 5.06. The second-order valence-corrected chi connectivity index (χ2v) is 13.3. The maximum absolute atomic E-state index is 4.67. The van der Waals surface area contributed by atoms with Crippen LogP contribution >= 0.6 is 0 Å². The molecule has 0 radical (unpaired) electrons. The molecule has 0 fully saturated rings. The molecule has 0 bridgehead atoms. The molecule has 0 saturated carbocycles. The summed E-state index contributed by atoms with van der Waals surface area (Å²) >= 11 is 0. The van der Waals surface area contributed by atoms with Gasteiger partial charge in [-0.3, -0.25) is 0 Å². The van der Waals surface area contributed by atoms with E-state index in [4.69, 9.17) is 0 Å². The molecule has 1 aromatic heterocycles. The smallest absolute Gasteiger partial charge is 0.0714 e. The van der Waals surface area contributed by atoms with Crippen molar-refractivity contribution in [3.8, 4) is 5.69 Å². The largest absolute Gasteiger partial charge is 0.354 e. The standard InChI is InChI=1S/C49H37N3/c1-34(32-44-35(2)40-24-12-14-26-43(40)49(44,36-18-6-3-7-19-36)37-20-8-4-9-21-37)50-45-27-15-16-28-46(45)51-38-30-31-48-42(33-38)41-25-13-17-29-47(41)52(48)39-22-10-5-11-23-39/h3-33,50-51H,1-2H2/b44-32+. The molecule has 52 heavy (non-hydrogen) atoms. The molecule has 2 N–H and O–H groups in total. The van der Waals surface area contributed by atoms with Crippen molar-refractivity contribution in [3.05, 3.63) is 235 Å². The molecule has 9 rings (SSSR count). The maximum atomic E-state index is 4.67. The summed E-state index contributed by atoms with van der Waals surface area (Å²) in [6.07, 6.45) is 2.18. The zero-order valence-corrected chi connectivity index (χ0v) is 28.8. The Kier molecular flexibility index (Phi) is 7.67. The number of para-hydroxylation sites is 4. The molecule has 7 aromatic carbocycles. The van der Waals surface area contributed by atoms with E-state index in [-0.39, 0.29) is 0 Å². The van der Waals surface area contributed by atoms with E-state index in [2.05, 4.69) is 210 Å². The Labute approximate surface area is 304 Å². The van der Waals surface area contributed by atoms with E-state index in [1.807, 2.05) is 6.07 Å². The van der Waals surface area contributed by atoms with Gasteiger partial charge in [0.15, 0.2) is 0 Å². The van der Waals surface area contributed by atoms with Gasteiger partial charge in [0.2, 0.25) is 0 Å². The number of fused-ring (bicyclic) bond motifs is 4. The minimum absolute atomic E-state index is 0.549. The van der Waals surface area contributed by atoms with Crippen LogP contribution in [0.4, 0.5) is 17.1 Å². The number of benzene rings is 7. The molecule has 0 spiro atoms. The van der Waals surface area contributed by atoms with Crippen LogP contribution in [0.15, 0.2) is 212 Å². The van der Waals surface area contributed by atoms with E-state index in [9.17, 15) is 0 Å². The molecular formula is C49H37N3. The fraction of sp³-hybridized carbons (Fsp3) is 0.0204. The van der Waals surface area contributed by atoms with Gasteiger partial charge in [-0.15, -0.1) is 0 Å². The van der Waals surface area contributed by atoms with E-state index in [1.165, 1.54) is 38.5 Å². The summed E-state index contributed by atoms with van der Waals surface area (Å²) in [6.45, 7) is 9.23. The van der Waals surface area contributed by atoms with Crippen LogP contribution in [0.1, 0.15) is 22.3 Å². The highest BCUT2D eigenvalue weighted by molar-refractivity contribution is 6.10. The molecule has 0 unspecified atom stereocenters. The van der Waals surface area contributed by atoms with Gasteiger partial charge >= 0.3 is 0 Å². The van der Waals surface area contributed by atoms with Gasteiger partial charge in [-0.25, -0.2) is 0 Å². The summed E-state index contributed by atoms with van der Waals surface area (Å²) in [4.78, 5) is 0. The predicted octanol–water partition coefficient (Wildman–Crippen LogP) is 12.4. The van der Waals surface area contributed by atoms with Crippen molar-refractivity contribution >= 4 is 44.4 Å². The molecule has 0 amide bonds. The van der Waals surface area contributed by atoms with Crippen molar-refractivity contribution in [2.24, 2.45) is 0 Å². The Bertz CT molecular complexity index is 2610. The first-order valence-electron chi connectivity index (χ1n) is 17.7. The fourth-order valence-corrected chi connectivity index (χ4v) is 8.10. The fourth-order valence-electron chi connectivity index (χ4n) is 8.10. The lowest BCUT2D eigenvalue weighted by molar-refractivity contribution is 0.768. The number of rotatable bonds is 8. The van der Waals surface area contributed by atoms with Gasteiger partial charge in [-0.1, -0.05) is 147 Å². The molecule has 3 nitrogen and oxygen atoms in total. The van der Waals surface area contributed by atoms with Crippen LogP contribution in [-0.2, 0) is 5.41 Å². The number of hydrogen-bond acceptors (Lipinski definition) is 2. The summed E-state index contributed by atoms with van der Waals surface area (Å²) in [5.74, 6) is 0. The van der Waals surface area contributed by atoms with E-state index in [1.54, 1.807) is 0 Å². The zero-order valence-electron chi connectivity index (χ0n) is 28.8. The Hall–Kier alpha value is -6.84. The van der Waals surface area contributed by atoms with Crippen LogP contribution in [0.25, 0.3) is 33.1 Å². The van der Waals surface area contributed by atoms with Crippen molar-refractivity contribution in [2.75, 3.05) is 10.6 Å². The molecular weight excluding hydrogens is 631 g/mol. The topological polar surface area (TPSA) is 29.0 Å². The van der Waals surface area contributed by atoms with Crippen molar-refractivity contribution in [2.45, 2.75) is 5.41 Å². The Morgan fingerprint density at radius 1 is 0.558 bits per heavy atom. The molecule has 1 heterocycles. The van der Waals surface area contributed by atoms with Gasteiger partial charge in [0.25, 0.3) is 0 Å². The average Bonchev–Trinajstić information content (AvgIpc) is 3.66.